The molecule has 0 atom stereocenters. The molecule has 120 valence electrons. The predicted octanol–water partition coefficient (Wildman–Crippen LogP) is 3.28. The molecule has 0 radical (unpaired) electrons. The van der Waals surface area contributed by atoms with Crippen molar-refractivity contribution in [2.75, 3.05) is 17.2 Å². The summed E-state index contributed by atoms with van der Waals surface area (Å²) in [5, 5.41) is 6.48. The Hall–Kier alpha value is -2.63. The Bertz CT molecular complexity index is 713. The number of benzene rings is 1. The first-order chi connectivity index (χ1) is 11.2. The van der Waals surface area contributed by atoms with Crippen molar-refractivity contribution in [3.05, 3.63) is 41.6 Å². The minimum atomic E-state index is -0.361. The van der Waals surface area contributed by atoms with E-state index < -0.39 is 0 Å². The van der Waals surface area contributed by atoms with Crippen molar-refractivity contribution in [2.24, 2.45) is 0 Å². The number of rotatable bonds is 6. The number of esters is 1. The second-order valence-corrected chi connectivity index (χ2v) is 5.53. The highest BCUT2D eigenvalue weighted by atomic mass is 16.5. The number of para-hydroxylation sites is 1. The van der Waals surface area contributed by atoms with E-state index in [4.69, 9.17) is 4.74 Å². The van der Waals surface area contributed by atoms with Gasteiger partial charge in [-0.3, -0.25) is 0 Å². The van der Waals surface area contributed by atoms with Crippen molar-refractivity contribution in [3.8, 4) is 0 Å². The molecule has 23 heavy (non-hydrogen) atoms. The van der Waals surface area contributed by atoms with E-state index in [9.17, 15) is 4.79 Å². The number of aryl methyl sites for hydroxylation is 1. The molecule has 0 unspecified atom stereocenters. The van der Waals surface area contributed by atoms with Gasteiger partial charge < -0.3 is 15.4 Å². The average molecular weight is 312 g/mol. The lowest BCUT2D eigenvalue weighted by molar-refractivity contribution is 0.0527. The lowest BCUT2D eigenvalue weighted by Crippen LogP contribution is -2.10. The van der Waals surface area contributed by atoms with Crippen LogP contribution in [-0.2, 0) is 4.74 Å². The first-order valence-electron chi connectivity index (χ1n) is 7.81. The van der Waals surface area contributed by atoms with Gasteiger partial charge in [-0.1, -0.05) is 12.1 Å². The van der Waals surface area contributed by atoms with Crippen LogP contribution in [0.25, 0.3) is 0 Å². The molecule has 0 aliphatic heterocycles. The predicted molar refractivity (Wildman–Crippen MR) is 89.1 cm³/mol. The SMILES string of the molecule is CCOC(=O)c1ccccc1Nc1nc(C)cc(NC2CC2)n1. The molecule has 0 bridgehead atoms. The zero-order valence-electron chi connectivity index (χ0n) is 13.3. The molecule has 6 heteroatoms. The summed E-state index contributed by atoms with van der Waals surface area (Å²) in [7, 11) is 0. The van der Waals surface area contributed by atoms with Gasteiger partial charge in [-0.2, -0.15) is 4.98 Å². The molecule has 0 saturated heterocycles. The van der Waals surface area contributed by atoms with Crippen molar-refractivity contribution in [1.29, 1.82) is 0 Å². The Balaban J connectivity index is 1.84. The molecule has 1 saturated carbocycles. The molecule has 6 nitrogen and oxygen atoms in total. The van der Waals surface area contributed by atoms with Crippen LogP contribution in [0.3, 0.4) is 0 Å². The normalized spacial score (nSPS) is 13.5. The van der Waals surface area contributed by atoms with Crippen molar-refractivity contribution >= 4 is 23.4 Å². The highest BCUT2D eigenvalue weighted by Crippen LogP contribution is 2.25. The van der Waals surface area contributed by atoms with E-state index in [0.29, 0.717) is 29.8 Å². The number of carbonyl (C=O) groups is 1. The second-order valence-electron chi connectivity index (χ2n) is 5.53. The van der Waals surface area contributed by atoms with E-state index in [-0.39, 0.29) is 5.97 Å². The van der Waals surface area contributed by atoms with Gasteiger partial charge in [0.1, 0.15) is 5.82 Å². The van der Waals surface area contributed by atoms with Crippen LogP contribution in [0.5, 0.6) is 0 Å². The molecular formula is C17H20N4O2. The van der Waals surface area contributed by atoms with Crippen LogP contribution in [0.15, 0.2) is 30.3 Å². The third-order valence-corrected chi connectivity index (χ3v) is 3.45. The van der Waals surface area contributed by atoms with Crippen molar-refractivity contribution < 1.29 is 9.53 Å². The van der Waals surface area contributed by atoms with E-state index in [2.05, 4.69) is 20.6 Å². The molecule has 2 N–H and O–H groups in total. The largest absolute Gasteiger partial charge is 0.462 e. The first-order valence-corrected chi connectivity index (χ1v) is 7.81. The summed E-state index contributed by atoms with van der Waals surface area (Å²) in [6.07, 6.45) is 2.36. The summed E-state index contributed by atoms with van der Waals surface area (Å²) in [6, 6.07) is 9.62. The molecule has 1 aliphatic rings. The number of anilines is 3. The fourth-order valence-electron chi connectivity index (χ4n) is 2.23. The van der Waals surface area contributed by atoms with Gasteiger partial charge in [0.05, 0.1) is 17.9 Å². The van der Waals surface area contributed by atoms with Crippen LogP contribution in [0.1, 0.15) is 35.8 Å². The fourth-order valence-corrected chi connectivity index (χ4v) is 2.23. The minimum Gasteiger partial charge on any atom is -0.462 e. The molecule has 1 aromatic heterocycles. The molecule has 0 amide bonds. The number of aromatic nitrogens is 2. The lowest BCUT2D eigenvalue weighted by Gasteiger charge is -2.12. The van der Waals surface area contributed by atoms with E-state index in [1.807, 2.05) is 25.1 Å². The third kappa shape index (κ3) is 3.97. The van der Waals surface area contributed by atoms with Crippen LogP contribution in [0.4, 0.5) is 17.5 Å². The highest BCUT2D eigenvalue weighted by molar-refractivity contribution is 5.96. The number of ether oxygens (including phenoxy) is 1. The topological polar surface area (TPSA) is 76.1 Å². The summed E-state index contributed by atoms with van der Waals surface area (Å²) in [4.78, 5) is 20.9. The van der Waals surface area contributed by atoms with E-state index in [1.54, 1.807) is 19.1 Å². The molecular weight excluding hydrogens is 292 g/mol. The zero-order valence-corrected chi connectivity index (χ0v) is 13.3. The Morgan fingerprint density at radius 1 is 1.30 bits per heavy atom. The zero-order chi connectivity index (χ0) is 16.2. The van der Waals surface area contributed by atoms with Gasteiger partial charge in [-0.25, -0.2) is 9.78 Å². The Kier molecular flexibility index (Phi) is 4.41. The highest BCUT2D eigenvalue weighted by Gasteiger charge is 2.21. The first kappa shape index (κ1) is 15.3. The maximum absolute atomic E-state index is 12.0. The van der Waals surface area contributed by atoms with Crippen LogP contribution < -0.4 is 10.6 Å². The van der Waals surface area contributed by atoms with E-state index >= 15 is 0 Å². The van der Waals surface area contributed by atoms with Crippen LogP contribution in [0, 0.1) is 6.92 Å². The summed E-state index contributed by atoms with van der Waals surface area (Å²) in [5.74, 6) is 0.903. The average Bonchev–Trinajstić information content (AvgIpc) is 3.31. The fraction of sp³-hybridized carbons (Fsp3) is 0.353. The minimum absolute atomic E-state index is 0.337. The van der Waals surface area contributed by atoms with Crippen molar-refractivity contribution in [3.63, 3.8) is 0 Å². The maximum atomic E-state index is 12.0. The lowest BCUT2D eigenvalue weighted by atomic mass is 10.2. The summed E-state index contributed by atoms with van der Waals surface area (Å²) >= 11 is 0. The number of hydrogen-bond donors (Lipinski definition) is 2. The van der Waals surface area contributed by atoms with Gasteiger partial charge in [-0.05, 0) is 38.8 Å². The van der Waals surface area contributed by atoms with E-state index in [0.717, 1.165) is 11.5 Å². The Morgan fingerprint density at radius 2 is 2.09 bits per heavy atom. The molecule has 0 spiro atoms. The van der Waals surface area contributed by atoms with Crippen LogP contribution >= 0.6 is 0 Å². The van der Waals surface area contributed by atoms with Gasteiger partial charge in [-0.15, -0.1) is 0 Å². The summed E-state index contributed by atoms with van der Waals surface area (Å²) in [6.45, 7) is 4.04. The molecule has 1 aromatic carbocycles. The van der Waals surface area contributed by atoms with Gasteiger partial charge in [0.25, 0.3) is 0 Å². The number of nitrogens with one attached hydrogen (secondary N) is 2. The third-order valence-electron chi connectivity index (χ3n) is 3.45. The second kappa shape index (κ2) is 6.64. The maximum Gasteiger partial charge on any atom is 0.340 e. The standard InChI is InChI=1S/C17H20N4O2/c1-3-23-16(22)13-6-4-5-7-14(13)20-17-18-11(2)10-15(21-17)19-12-8-9-12/h4-7,10,12H,3,8-9H2,1-2H3,(H2,18,19,20,21). The smallest absolute Gasteiger partial charge is 0.340 e. The number of hydrogen-bond acceptors (Lipinski definition) is 6. The summed E-state index contributed by atoms with van der Waals surface area (Å²) < 4.78 is 5.08. The van der Waals surface area contributed by atoms with Gasteiger partial charge in [0.2, 0.25) is 5.95 Å². The number of nitrogens with zero attached hydrogens (tertiary/aromatic N) is 2. The summed E-state index contributed by atoms with van der Waals surface area (Å²) in [5.41, 5.74) is 1.96. The van der Waals surface area contributed by atoms with Crippen LogP contribution in [-0.4, -0.2) is 28.6 Å². The Morgan fingerprint density at radius 3 is 2.83 bits per heavy atom. The van der Waals surface area contributed by atoms with Crippen molar-refractivity contribution in [2.45, 2.75) is 32.7 Å². The monoisotopic (exact) mass is 312 g/mol. The molecule has 1 aliphatic carbocycles. The van der Waals surface area contributed by atoms with Crippen molar-refractivity contribution in [1.82, 2.24) is 9.97 Å². The molecule has 1 heterocycles. The Labute approximate surface area is 135 Å². The quantitative estimate of drug-likeness (QED) is 0.797. The van der Waals surface area contributed by atoms with E-state index in [1.165, 1.54) is 12.8 Å². The van der Waals surface area contributed by atoms with Gasteiger partial charge in [0, 0.05) is 17.8 Å². The van der Waals surface area contributed by atoms with Gasteiger partial charge >= 0.3 is 5.97 Å². The van der Waals surface area contributed by atoms with Crippen LogP contribution in [0.2, 0.25) is 0 Å². The molecule has 1 fully saturated rings. The van der Waals surface area contributed by atoms with Gasteiger partial charge in [0.15, 0.2) is 0 Å². The molecule has 3 rings (SSSR count). The molecule has 2 aromatic rings. The number of carbonyl (C=O) groups excluding carboxylic acids is 1.